The Labute approximate surface area is 70.4 Å². The van der Waals surface area contributed by atoms with Crippen LogP contribution in [0.4, 0.5) is 0 Å². The molecular formula is C8H16ClN. The summed E-state index contributed by atoms with van der Waals surface area (Å²) in [6.07, 6.45) is 5.33. The Morgan fingerprint density at radius 3 is 1.50 bits per heavy atom. The zero-order chi connectivity index (χ0) is 7.71. The molecule has 1 nitrogen and oxygen atoms in total. The van der Waals surface area contributed by atoms with Gasteiger partial charge in [0.2, 0.25) is 0 Å². The molecule has 0 aliphatic heterocycles. The summed E-state index contributed by atoms with van der Waals surface area (Å²) in [5, 5.41) is 0. The minimum atomic E-state index is -0.0556. The van der Waals surface area contributed by atoms with Gasteiger partial charge in [-0.2, -0.15) is 0 Å². The van der Waals surface area contributed by atoms with E-state index in [1.165, 1.54) is 0 Å². The van der Waals surface area contributed by atoms with Gasteiger partial charge in [0.05, 0.1) is 21.1 Å². The average Bonchev–Trinajstić information content (AvgIpc) is 1.64. The lowest BCUT2D eigenvalue weighted by molar-refractivity contribution is -0.909. The van der Waals surface area contributed by atoms with Crippen molar-refractivity contribution >= 4 is 0 Å². The van der Waals surface area contributed by atoms with E-state index in [0.29, 0.717) is 0 Å². The smallest absolute Gasteiger partial charge is 0.154 e. The Bertz CT molecular complexity index is 136. The van der Waals surface area contributed by atoms with Crippen LogP contribution in [0.1, 0.15) is 13.8 Å². The maximum absolute atomic E-state index is 5.33. The van der Waals surface area contributed by atoms with Gasteiger partial charge in [0.1, 0.15) is 0 Å². The van der Waals surface area contributed by atoms with Gasteiger partial charge in [0.15, 0.2) is 5.54 Å². The van der Waals surface area contributed by atoms with Gasteiger partial charge in [0, 0.05) is 13.8 Å². The predicted molar refractivity (Wildman–Crippen MR) is 40.9 cm³/mol. The van der Waals surface area contributed by atoms with Crippen LogP contribution in [0.3, 0.4) is 0 Å². The zero-order valence-corrected chi connectivity index (χ0v) is 8.16. The Morgan fingerprint density at radius 1 is 1.20 bits per heavy atom. The van der Waals surface area contributed by atoms with Crippen molar-refractivity contribution in [2.75, 3.05) is 21.1 Å². The summed E-state index contributed by atoms with van der Waals surface area (Å²) in [5.74, 6) is 2.75. The number of hydrogen-bond donors (Lipinski definition) is 0. The molecule has 0 saturated heterocycles. The van der Waals surface area contributed by atoms with Gasteiger partial charge in [-0.15, -0.1) is 6.42 Å². The molecular weight excluding hydrogens is 146 g/mol. The third-order valence-corrected chi connectivity index (χ3v) is 2.03. The second-order valence-electron chi connectivity index (χ2n) is 3.72. The average molecular weight is 162 g/mol. The minimum Gasteiger partial charge on any atom is -1.00 e. The molecule has 0 saturated carbocycles. The molecule has 0 amide bonds. The molecule has 0 heterocycles. The lowest BCUT2D eigenvalue weighted by Gasteiger charge is -2.37. The Morgan fingerprint density at radius 2 is 1.50 bits per heavy atom. The van der Waals surface area contributed by atoms with E-state index in [9.17, 15) is 0 Å². The first-order valence-corrected chi connectivity index (χ1v) is 3.10. The van der Waals surface area contributed by atoms with E-state index in [0.717, 1.165) is 4.48 Å². The van der Waals surface area contributed by atoms with E-state index >= 15 is 0 Å². The van der Waals surface area contributed by atoms with Crippen molar-refractivity contribution in [1.82, 2.24) is 0 Å². The SMILES string of the molecule is C#CC(C)(C)[N+](C)(C)C.[Cl-]. The van der Waals surface area contributed by atoms with Crippen LogP contribution >= 0.6 is 0 Å². The third-order valence-electron chi connectivity index (χ3n) is 2.03. The highest BCUT2D eigenvalue weighted by atomic mass is 35.5. The second kappa shape index (κ2) is 3.27. The predicted octanol–water partition coefficient (Wildman–Crippen LogP) is -1.89. The summed E-state index contributed by atoms with van der Waals surface area (Å²) < 4.78 is 0.809. The number of terminal acetylenes is 1. The fourth-order valence-electron chi connectivity index (χ4n) is 0.194. The highest BCUT2D eigenvalue weighted by molar-refractivity contribution is 5.02. The van der Waals surface area contributed by atoms with Gasteiger partial charge >= 0.3 is 0 Å². The molecule has 0 N–H and O–H groups in total. The first-order valence-electron chi connectivity index (χ1n) is 3.10. The molecule has 0 unspecified atom stereocenters. The van der Waals surface area contributed by atoms with Crippen LogP contribution in [0, 0.1) is 12.3 Å². The highest BCUT2D eigenvalue weighted by Gasteiger charge is 2.29. The van der Waals surface area contributed by atoms with Crippen LogP contribution in [-0.2, 0) is 0 Å². The zero-order valence-electron chi connectivity index (χ0n) is 7.40. The number of hydrogen-bond acceptors (Lipinski definition) is 0. The molecule has 0 aliphatic rings. The monoisotopic (exact) mass is 161 g/mol. The molecule has 0 radical (unpaired) electrons. The van der Waals surface area contributed by atoms with Gasteiger partial charge in [0.25, 0.3) is 0 Å². The van der Waals surface area contributed by atoms with Gasteiger partial charge in [-0.05, 0) is 5.92 Å². The largest absolute Gasteiger partial charge is 1.00 e. The van der Waals surface area contributed by atoms with Crippen molar-refractivity contribution in [3.05, 3.63) is 0 Å². The summed E-state index contributed by atoms with van der Waals surface area (Å²) in [7, 11) is 6.29. The van der Waals surface area contributed by atoms with Crippen molar-refractivity contribution < 1.29 is 16.9 Å². The Hall–Kier alpha value is -0.190. The summed E-state index contributed by atoms with van der Waals surface area (Å²) in [6.45, 7) is 4.12. The highest BCUT2D eigenvalue weighted by Crippen LogP contribution is 2.14. The summed E-state index contributed by atoms with van der Waals surface area (Å²) in [5.41, 5.74) is -0.0556. The molecule has 0 spiro atoms. The summed E-state index contributed by atoms with van der Waals surface area (Å²) >= 11 is 0. The van der Waals surface area contributed by atoms with Crippen molar-refractivity contribution in [2.45, 2.75) is 19.4 Å². The lowest BCUT2D eigenvalue weighted by Crippen LogP contribution is -3.00. The molecule has 0 aromatic rings. The molecule has 0 aromatic carbocycles. The number of quaternary nitrogens is 1. The summed E-state index contributed by atoms with van der Waals surface area (Å²) in [6, 6.07) is 0. The van der Waals surface area contributed by atoms with E-state index < -0.39 is 0 Å². The molecule has 2 heteroatoms. The molecule has 0 atom stereocenters. The quantitative estimate of drug-likeness (QED) is 0.312. The van der Waals surface area contributed by atoms with Gasteiger partial charge in [-0.1, -0.05) is 0 Å². The number of rotatable bonds is 1. The van der Waals surface area contributed by atoms with Crippen LogP contribution in [0.15, 0.2) is 0 Å². The maximum Gasteiger partial charge on any atom is 0.154 e. The second-order valence-corrected chi connectivity index (χ2v) is 3.72. The van der Waals surface area contributed by atoms with E-state index in [1.54, 1.807) is 0 Å². The van der Waals surface area contributed by atoms with E-state index in [-0.39, 0.29) is 17.9 Å². The maximum atomic E-state index is 5.33. The number of halogens is 1. The lowest BCUT2D eigenvalue weighted by atomic mass is 10.0. The van der Waals surface area contributed by atoms with Gasteiger partial charge in [-0.3, -0.25) is 0 Å². The van der Waals surface area contributed by atoms with E-state index in [4.69, 9.17) is 6.42 Å². The Balaban J connectivity index is 0. The molecule has 0 aromatic heterocycles. The van der Waals surface area contributed by atoms with Crippen LogP contribution in [0.2, 0.25) is 0 Å². The summed E-state index contributed by atoms with van der Waals surface area (Å²) in [4.78, 5) is 0. The van der Waals surface area contributed by atoms with Crippen LogP contribution in [0.25, 0.3) is 0 Å². The van der Waals surface area contributed by atoms with E-state index in [1.807, 2.05) is 0 Å². The molecule has 0 aliphatic carbocycles. The van der Waals surface area contributed by atoms with Gasteiger partial charge in [-0.25, -0.2) is 0 Å². The fraction of sp³-hybridized carbons (Fsp3) is 0.750. The van der Waals surface area contributed by atoms with E-state index in [2.05, 4.69) is 40.9 Å². The van der Waals surface area contributed by atoms with Crippen LogP contribution < -0.4 is 12.4 Å². The standard InChI is InChI=1S/C8H16N.ClH/c1-7-8(2,3)9(4,5)6;/h1H,2-6H3;1H/q+1;/p-1. The third kappa shape index (κ3) is 2.60. The van der Waals surface area contributed by atoms with Crippen molar-refractivity contribution in [1.29, 1.82) is 0 Å². The minimum absolute atomic E-state index is 0. The topological polar surface area (TPSA) is 0 Å². The first kappa shape index (κ1) is 12.5. The Kier molecular flexibility index (Phi) is 4.09. The van der Waals surface area contributed by atoms with Crippen LogP contribution in [0.5, 0.6) is 0 Å². The molecule has 0 rings (SSSR count). The molecule has 0 fully saturated rings. The van der Waals surface area contributed by atoms with Gasteiger partial charge < -0.3 is 16.9 Å². The van der Waals surface area contributed by atoms with Crippen molar-refractivity contribution in [3.63, 3.8) is 0 Å². The van der Waals surface area contributed by atoms with Crippen LogP contribution in [-0.4, -0.2) is 31.2 Å². The molecule has 10 heavy (non-hydrogen) atoms. The first-order chi connectivity index (χ1) is 3.81. The van der Waals surface area contributed by atoms with Crippen molar-refractivity contribution in [2.24, 2.45) is 0 Å². The molecule has 0 bridgehead atoms. The number of nitrogens with zero attached hydrogens (tertiary/aromatic N) is 1. The van der Waals surface area contributed by atoms with Crippen molar-refractivity contribution in [3.8, 4) is 12.3 Å². The molecule has 60 valence electrons. The normalized spacial score (nSPS) is 11.6. The fourth-order valence-corrected chi connectivity index (χ4v) is 0.194.